The number of hydrogen-bond acceptors (Lipinski definition) is 2. The Morgan fingerprint density at radius 2 is 1.42 bits per heavy atom. The minimum absolute atomic E-state index is 0.914. The summed E-state index contributed by atoms with van der Waals surface area (Å²) < 4.78 is 0. The van der Waals surface area contributed by atoms with Crippen molar-refractivity contribution in [1.82, 2.24) is 15.2 Å². The number of hydrogen-bond donors (Lipinski definition) is 1. The second-order valence-electron chi connectivity index (χ2n) is 8.00. The first-order valence-electron chi connectivity index (χ1n) is 10.4. The van der Waals surface area contributed by atoms with E-state index < -0.39 is 0 Å². The third-order valence-electron chi connectivity index (χ3n) is 6.26. The summed E-state index contributed by atoms with van der Waals surface area (Å²) in [6.07, 6.45) is 0. The fourth-order valence-corrected chi connectivity index (χ4v) is 4.79. The van der Waals surface area contributed by atoms with Gasteiger partial charge in [0.25, 0.3) is 0 Å². The van der Waals surface area contributed by atoms with Gasteiger partial charge < -0.3 is 0 Å². The number of H-pyrrole nitrogens is 1. The Balaban J connectivity index is 1.58. The molecule has 0 aliphatic rings. The van der Waals surface area contributed by atoms with Crippen LogP contribution in [-0.4, -0.2) is 15.2 Å². The summed E-state index contributed by atoms with van der Waals surface area (Å²) in [5.41, 5.74) is 6.30. The van der Waals surface area contributed by atoms with Crippen LogP contribution >= 0.6 is 0 Å². The Hall–Kier alpha value is -4.24. The number of para-hydroxylation sites is 1. The molecule has 3 nitrogen and oxygen atoms in total. The largest absolute Gasteiger partial charge is 0.277 e. The molecule has 0 amide bonds. The third kappa shape index (κ3) is 2.34. The number of aromatic amines is 1. The van der Waals surface area contributed by atoms with Crippen LogP contribution in [-0.2, 0) is 0 Å². The van der Waals surface area contributed by atoms with Gasteiger partial charge in [-0.15, -0.1) is 0 Å². The van der Waals surface area contributed by atoms with Crippen LogP contribution in [0.1, 0.15) is 0 Å². The molecule has 0 aliphatic carbocycles. The monoisotopic (exact) mass is 395 g/mol. The number of fused-ring (bicyclic) bond motifs is 8. The first kappa shape index (κ1) is 16.5. The number of benzene rings is 5. The second-order valence-corrected chi connectivity index (χ2v) is 8.00. The topological polar surface area (TPSA) is 41.6 Å². The molecular weight excluding hydrogens is 378 g/mol. The van der Waals surface area contributed by atoms with E-state index in [1.54, 1.807) is 0 Å². The zero-order valence-corrected chi connectivity index (χ0v) is 16.6. The summed E-state index contributed by atoms with van der Waals surface area (Å²) in [7, 11) is 0. The highest BCUT2D eigenvalue weighted by Gasteiger charge is 2.15. The molecule has 3 heteroatoms. The lowest BCUT2D eigenvalue weighted by atomic mass is 9.96. The molecule has 2 aromatic heterocycles. The summed E-state index contributed by atoms with van der Waals surface area (Å²) in [4.78, 5) is 5.02. The van der Waals surface area contributed by atoms with Crippen LogP contribution in [0.2, 0.25) is 0 Å². The minimum Gasteiger partial charge on any atom is -0.277 e. The molecule has 7 rings (SSSR count). The lowest BCUT2D eigenvalue weighted by molar-refractivity contribution is 1.12. The molecule has 0 fully saturated rings. The fourth-order valence-electron chi connectivity index (χ4n) is 4.79. The van der Waals surface area contributed by atoms with Gasteiger partial charge in [-0.25, -0.2) is 4.98 Å². The molecule has 0 saturated carbocycles. The van der Waals surface area contributed by atoms with Crippen molar-refractivity contribution in [2.75, 3.05) is 0 Å². The SMILES string of the molecule is c1ccc2cc(-c3cccc4nc5c(ccc6c7ccccc7[nH]nc65)c34)ccc2c1. The van der Waals surface area contributed by atoms with Gasteiger partial charge in [-0.1, -0.05) is 78.9 Å². The summed E-state index contributed by atoms with van der Waals surface area (Å²) >= 11 is 0. The first-order valence-corrected chi connectivity index (χ1v) is 10.4. The Morgan fingerprint density at radius 3 is 2.39 bits per heavy atom. The molecule has 0 bridgehead atoms. The van der Waals surface area contributed by atoms with Gasteiger partial charge in [0.2, 0.25) is 0 Å². The molecule has 0 spiro atoms. The van der Waals surface area contributed by atoms with E-state index in [-0.39, 0.29) is 0 Å². The van der Waals surface area contributed by atoms with Crippen molar-refractivity contribution in [3.63, 3.8) is 0 Å². The lowest BCUT2D eigenvalue weighted by Crippen LogP contribution is -1.88. The van der Waals surface area contributed by atoms with Crippen molar-refractivity contribution in [3.8, 4) is 11.1 Å². The Kier molecular flexibility index (Phi) is 3.27. The van der Waals surface area contributed by atoms with Gasteiger partial charge in [0.05, 0.1) is 16.6 Å². The van der Waals surface area contributed by atoms with Gasteiger partial charge in [-0.2, -0.15) is 5.10 Å². The van der Waals surface area contributed by atoms with Gasteiger partial charge in [-0.05, 0) is 40.1 Å². The van der Waals surface area contributed by atoms with Crippen molar-refractivity contribution in [2.24, 2.45) is 0 Å². The second kappa shape index (κ2) is 6.13. The van der Waals surface area contributed by atoms with Gasteiger partial charge in [-0.3, -0.25) is 5.10 Å². The van der Waals surface area contributed by atoms with Gasteiger partial charge in [0, 0.05) is 21.5 Å². The van der Waals surface area contributed by atoms with Crippen LogP contribution in [0.3, 0.4) is 0 Å². The predicted molar refractivity (Wildman–Crippen MR) is 129 cm³/mol. The molecule has 0 atom stereocenters. The van der Waals surface area contributed by atoms with Gasteiger partial charge in [0.15, 0.2) is 0 Å². The molecule has 0 radical (unpaired) electrons. The van der Waals surface area contributed by atoms with E-state index >= 15 is 0 Å². The number of rotatable bonds is 1. The van der Waals surface area contributed by atoms with E-state index in [9.17, 15) is 0 Å². The summed E-state index contributed by atoms with van der Waals surface area (Å²) in [6.45, 7) is 0. The molecule has 2 heterocycles. The van der Waals surface area contributed by atoms with Crippen molar-refractivity contribution in [2.45, 2.75) is 0 Å². The summed E-state index contributed by atoms with van der Waals surface area (Å²) in [5.74, 6) is 0. The number of nitrogens with zero attached hydrogens (tertiary/aromatic N) is 2. The van der Waals surface area contributed by atoms with Crippen molar-refractivity contribution in [1.29, 1.82) is 0 Å². The Morgan fingerprint density at radius 1 is 0.581 bits per heavy atom. The van der Waals surface area contributed by atoms with Crippen LogP contribution in [0.15, 0.2) is 97.1 Å². The lowest BCUT2D eigenvalue weighted by Gasteiger charge is -2.07. The molecular formula is C28H17N3. The van der Waals surface area contributed by atoms with E-state index in [2.05, 4.69) is 101 Å². The van der Waals surface area contributed by atoms with E-state index in [1.165, 1.54) is 27.3 Å². The summed E-state index contributed by atoms with van der Waals surface area (Å²) in [5, 5.41) is 15.0. The maximum Gasteiger partial charge on any atom is 0.117 e. The molecule has 7 aromatic rings. The third-order valence-corrected chi connectivity index (χ3v) is 6.26. The molecule has 0 unspecified atom stereocenters. The molecule has 5 aromatic carbocycles. The molecule has 144 valence electrons. The number of nitrogens with one attached hydrogen (secondary N) is 1. The maximum absolute atomic E-state index is 5.02. The standard InChI is InChI=1S/C28H17N3/c1-2-7-18-16-19(13-12-17(18)6-1)20-9-5-11-25-26(20)23-15-14-22-21-8-3-4-10-24(21)30-31-28(22)27(23)29-25/h1-16,30H. The van der Waals surface area contributed by atoms with Crippen molar-refractivity contribution in [3.05, 3.63) is 97.1 Å². The average Bonchev–Trinajstić information content (AvgIpc) is 3.23. The first-order chi connectivity index (χ1) is 15.4. The fraction of sp³-hybridized carbons (Fsp3) is 0. The molecule has 1 N–H and O–H groups in total. The highest BCUT2D eigenvalue weighted by Crippen LogP contribution is 2.38. The van der Waals surface area contributed by atoms with Crippen LogP contribution in [0, 0.1) is 0 Å². The zero-order valence-electron chi connectivity index (χ0n) is 16.6. The highest BCUT2D eigenvalue weighted by atomic mass is 15.1. The average molecular weight is 395 g/mol. The van der Waals surface area contributed by atoms with Crippen LogP contribution in [0.25, 0.3) is 65.5 Å². The van der Waals surface area contributed by atoms with Crippen molar-refractivity contribution >= 4 is 54.4 Å². The summed E-state index contributed by atoms with van der Waals surface area (Å²) in [6, 6.07) is 34.2. The Bertz CT molecular complexity index is 1790. The zero-order chi connectivity index (χ0) is 20.4. The molecule has 31 heavy (non-hydrogen) atoms. The highest BCUT2D eigenvalue weighted by molar-refractivity contribution is 6.22. The normalized spacial score (nSPS) is 11.9. The van der Waals surface area contributed by atoms with Crippen LogP contribution in [0.4, 0.5) is 0 Å². The quantitative estimate of drug-likeness (QED) is 0.298. The maximum atomic E-state index is 5.02. The van der Waals surface area contributed by atoms with Crippen molar-refractivity contribution < 1.29 is 0 Å². The van der Waals surface area contributed by atoms with Gasteiger partial charge >= 0.3 is 0 Å². The predicted octanol–water partition coefficient (Wildman–Crippen LogP) is 7.24. The molecule has 0 saturated heterocycles. The van der Waals surface area contributed by atoms with E-state index in [1.807, 2.05) is 6.07 Å². The Labute approximate surface area is 178 Å². The molecule has 0 aliphatic heterocycles. The van der Waals surface area contributed by atoms with E-state index in [4.69, 9.17) is 4.98 Å². The smallest absolute Gasteiger partial charge is 0.117 e. The minimum atomic E-state index is 0.914. The van der Waals surface area contributed by atoms with E-state index in [0.29, 0.717) is 0 Å². The number of aromatic nitrogens is 3. The van der Waals surface area contributed by atoms with Gasteiger partial charge in [0.1, 0.15) is 5.52 Å². The van der Waals surface area contributed by atoms with E-state index in [0.717, 1.165) is 38.2 Å². The van der Waals surface area contributed by atoms with Crippen LogP contribution in [0.5, 0.6) is 0 Å². The van der Waals surface area contributed by atoms with Crippen LogP contribution < -0.4 is 0 Å².